The summed E-state index contributed by atoms with van der Waals surface area (Å²) < 4.78 is 0. The van der Waals surface area contributed by atoms with Gasteiger partial charge in [-0.3, -0.25) is 0 Å². The number of aromatic nitrogens is 1. The standard InChI is InChI=1S/C23H30N4O2/c1-16-5-6-21-20(11-16)19-7-9-27(10-8-22(19)26-21)23(29)25-14-18-4-2-3-17(12-18)13-24-15-28/h5-6,11,17-18,26H,2-4,7-10,12-14H2,1H3,(H,25,29). The van der Waals surface area contributed by atoms with Crippen LogP contribution in [0.4, 0.5) is 4.79 Å². The van der Waals surface area contributed by atoms with Crippen LogP contribution in [0.15, 0.2) is 23.2 Å². The third kappa shape index (κ3) is 4.54. The van der Waals surface area contributed by atoms with Crippen LogP contribution in [0.1, 0.15) is 42.5 Å². The lowest BCUT2D eigenvalue weighted by molar-refractivity contribution is 0.193. The predicted octanol–water partition coefficient (Wildman–Crippen LogP) is 3.73. The van der Waals surface area contributed by atoms with Gasteiger partial charge in [0.1, 0.15) is 0 Å². The van der Waals surface area contributed by atoms with Gasteiger partial charge in [-0.2, -0.15) is 0 Å². The van der Waals surface area contributed by atoms with Crippen molar-refractivity contribution >= 4 is 23.0 Å². The quantitative estimate of drug-likeness (QED) is 0.612. The topological polar surface area (TPSA) is 77.6 Å². The molecule has 1 aromatic carbocycles. The van der Waals surface area contributed by atoms with Gasteiger partial charge >= 0.3 is 6.03 Å². The number of rotatable bonds is 4. The van der Waals surface area contributed by atoms with Crippen LogP contribution in [0.3, 0.4) is 0 Å². The van der Waals surface area contributed by atoms with Gasteiger partial charge in [0, 0.05) is 42.7 Å². The number of benzene rings is 1. The molecular weight excluding hydrogens is 364 g/mol. The number of fused-ring (bicyclic) bond motifs is 3. The zero-order chi connectivity index (χ0) is 20.2. The molecule has 154 valence electrons. The van der Waals surface area contributed by atoms with Crippen LogP contribution in [-0.4, -0.2) is 48.2 Å². The Morgan fingerprint density at radius 3 is 2.97 bits per heavy atom. The van der Waals surface area contributed by atoms with Gasteiger partial charge in [-0.25, -0.2) is 14.6 Å². The van der Waals surface area contributed by atoms with Crippen molar-refractivity contribution in [3.8, 4) is 0 Å². The molecule has 2 amide bonds. The highest BCUT2D eigenvalue weighted by atomic mass is 16.2. The van der Waals surface area contributed by atoms with Crippen LogP contribution in [-0.2, 0) is 17.6 Å². The zero-order valence-electron chi connectivity index (χ0n) is 17.2. The number of carbonyl (C=O) groups excluding carboxylic acids is 2. The van der Waals surface area contributed by atoms with E-state index in [1.165, 1.54) is 27.7 Å². The molecule has 6 heteroatoms. The molecular formula is C23H30N4O2. The summed E-state index contributed by atoms with van der Waals surface area (Å²) in [6, 6.07) is 6.58. The van der Waals surface area contributed by atoms with Crippen molar-refractivity contribution in [2.75, 3.05) is 26.2 Å². The summed E-state index contributed by atoms with van der Waals surface area (Å²) >= 11 is 0. The second-order valence-electron chi connectivity index (χ2n) is 8.63. The number of carbonyl (C=O) groups is 1. The molecule has 2 atom stereocenters. The van der Waals surface area contributed by atoms with E-state index in [9.17, 15) is 9.59 Å². The van der Waals surface area contributed by atoms with Crippen molar-refractivity contribution in [3.05, 3.63) is 35.0 Å². The number of aliphatic imine (C=N–C) groups is 1. The van der Waals surface area contributed by atoms with E-state index in [4.69, 9.17) is 0 Å². The molecule has 0 radical (unpaired) electrons. The maximum atomic E-state index is 12.8. The first-order valence-corrected chi connectivity index (χ1v) is 10.8. The molecule has 4 rings (SSSR count). The molecule has 2 unspecified atom stereocenters. The SMILES string of the molecule is Cc1ccc2[nH]c3c(c2c1)CCN(C(=O)NCC1CCCC(CN=C=O)C1)CC3. The molecule has 2 N–H and O–H groups in total. The molecule has 1 aliphatic carbocycles. The Balaban J connectivity index is 1.32. The molecule has 2 aromatic rings. The van der Waals surface area contributed by atoms with Crippen LogP contribution in [0, 0.1) is 18.8 Å². The molecule has 0 saturated heterocycles. The molecule has 2 heterocycles. The normalized spacial score (nSPS) is 21.9. The van der Waals surface area contributed by atoms with Gasteiger partial charge < -0.3 is 15.2 Å². The second kappa shape index (κ2) is 8.83. The van der Waals surface area contributed by atoms with Crippen molar-refractivity contribution < 1.29 is 9.59 Å². The Kier molecular flexibility index (Phi) is 6.00. The minimum atomic E-state index is 0.0451. The highest BCUT2D eigenvalue weighted by Gasteiger charge is 2.25. The number of aryl methyl sites for hydroxylation is 1. The fraction of sp³-hybridized carbons (Fsp3) is 0.565. The van der Waals surface area contributed by atoms with Crippen molar-refractivity contribution in [1.29, 1.82) is 0 Å². The number of urea groups is 1. The summed E-state index contributed by atoms with van der Waals surface area (Å²) in [7, 11) is 0. The first-order valence-electron chi connectivity index (χ1n) is 10.8. The van der Waals surface area contributed by atoms with Crippen LogP contribution in [0.2, 0.25) is 0 Å². The highest BCUT2D eigenvalue weighted by molar-refractivity contribution is 5.85. The Labute approximate surface area is 171 Å². The van der Waals surface area contributed by atoms with E-state index in [1.807, 2.05) is 4.90 Å². The van der Waals surface area contributed by atoms with Gasteiger partial charge in [0.05, 0.1) is 6.54 Å². The molecule has 0 spiro atoms. The van der Waals surface area contributed by atoms with E-state index in [-0.39, 0.29) is 6.03 Å². The fourth-order valence-electron chi connectivity index (χ4n) is 4.99. The van der Waals surface area contributed by atoms with Gasteiger partial charge in [0.25, 0.3) is 0 Å². The van der Waals surface area contributed by atoms with Crippen molar-refractivity contribution in [2.45, 2.75) is 45.4 Å². The van der Waals surface area contributed by atoms with Gasteiger partial charge in [0.2, 0.25) is 6.08 Å². The number of isocyanates is 1. The van der Waals surface area contributed by atoms with Gasteiger partial charge in [-0.1, -0.05) is 18.1 Å². The summed E-state index contributed by atoms with van der Waals surface area (Å²) in [6.07, 6.45) is 7.83. The number of H-pyrrole nitrogens is 1. The molecule has 29 heavy (non-hydrogen) atoms. The number of aromatic amines is 1. The van der Waals surface area contributed by atoms with E-state index >= 15 is 0 Å². The third-order valence-electron chi connectivity index (χ3n) is 6.55. The van der Waals surface area contributed by atoms with Gasteiger partial charge in [0.15, 0.2) is 0 Å². The maximum absolute atomic E-state index is 12.8. The second-order valence-corrected chi connectivity index (χ2v) is 8.63. The highest BCUT2D eigenvalue weighted by Crippen LogP contribution is 2.29. The molecule has 2 aliphatic rings. The first-order chi connectivity index (χ1) is 14.1. The lowest BCUT2D eigenvalue weighted by Crippen LogP contribution is -2.43. The van der Waals surface area contributed by atoms with Crippen molar-refractivity contribution in [2.24, 2.45) is 16.8 Å². The fourth-order valence-corrected chi connectivity index (χ4v) is 4.99. The van der Waals surface area contributed by atoms with Crippen LogP contribution in [0.5, 0.6) is 0 Å². The van der Waals surface area contributed by atoms with E-state index in [0.717, 1.165) is 51.6 Å². The average Bonchev–Trinajstić information content (AvgIpc) is 2.93. The Morgan fingerprint density at radius 1 is 1.28 bits per heavy atom. The lowest BCUT2D eigenvalue weighted by atomic mass is 9.81. The molecule has 0 bridgehead atoms. The van der Waals surface area contributed by atoms with E-state index in [2.05, 4.69) is 40.4 Å². The number of nitrogens with zero attached hydrogens (tertiary/aromatic N) is 2. The number of hydrogen-bond donors (Lipinski definition) is 2. The monoisotopic (exact) mass is 394 g/mol. The minimum absolute atomic E-state index is 0.0451. The van der Waals surface area contributed by atoms with Crippen LogP contribution in [0.25, 0.3) is 10.9 Å². The van der Waals surface area contributed by atoms with Gasteiger partial charge in [-0.15, -0.1) is 0 Å². The summed E-state index contributed by atoms with van der Waals surface area (Å²) in [5, 5.41) is 4.46. The smallest absolute Gasteiger partial charge is 0.317 e. The van der Waals surface area contributed by atoms with Crippen molar-refractivity contribution in [3.63, 3.8) is 0 Å². The predicted molar refractivity (Wildman–Crippen MR) is 114 cm³/mol. The third-order valence-corrected chi connectivity index (χ3v) is 6.55. The largest absolute Gasteiger partial charge is 0.358 e. The molecule has 1 fully saturated rings. The summed E-state index contributed by atoms with van der Waals surface area (Å²) in [4.78, 5) is 32.4. The average molecular weight is 395 g/mol. The summed E-state index contributed by atoms with van der Waals surface area (Å²) in [6.45, 7) is 4.90. The molecule has 6 nitrogen and oxygen atoms in total. The van der Waals surface area contributed by atoms with Crippen LogP contribution < -0.4 is 5.32 Å². The first kappa shape index (κ1) is 19.7. The molecule has 1 aromatic heterocycles. The Hall–Kier alpha value is -2.59. The Morgan fingerprint density at radius 2 is 2.10 bits per heavy atom. The van der Waals surface area contributed by atoms with E-state index in [1.54, 1.807) is 6.08 Å². The van der Waals surface area contributed by atoms with Crippen molar-refractivity contribution in [1.82, 2.24) is 15.2 Å². The molecule has 1 aliphatic heterocycles. The minimum Gasteiger partial charge on any atom is -0.358 e. The number of amides is 2. The Bertz CT molecular complexity index is 928. The lowest BCUT2D eigenvalue weighted by Gasteiger charge is -2.29. The number of nitrogens with one attached hydrogen (secondary N) is 2. The van der Waals surface area contributed by atoms with E-state index in [0.29, 0.717) is 24.9 Å². The maximum Gasteiger partial charge on any atom is 0.317 e. The molecule has 1 saturated carbocycles. The summed E-state index contributed by atoms with van der Waals surface area (Å²) in [5.74, 6) is 0.929. The summed E-state index contributed by atoms with van der Waals surface area (Å²) in [5.41, 5.74) is 5.10. The van der Waals surface area contributed by atoms with Gasteiger partial charge in [-0.05, 0) is 62.1 Å². The number of hydrogen-bond acceptors (Lipinski definition) is 3. The van der Waals surface area contributed by atoms with E-state index < -0.39 is 0 Å². The zero-order valence-corrected chi connectivity index (χ0v) is 17.2. The van der Waals surface area contributed by atoms with Crippen LogP contribution >= 0.6 is 0 Å².